The van der Waals surface area contributed by atoms with Gasteiger partial charge >= 0.3 is 0 Å². The molecule has 0 aliphatic rings. The van der Waals surface area contributed by atoms with E-state index < -0.39 is 10.0 Å². The number of thioether (sulfide) groups is 1. The van der Waals surface area contributed by atoms with Crippen molar-refractivity contribution in [1.29, 1.82) is 0 Å². The normalized spacial score (nSPS) is 11.2. The van der Waals surface area contributed by atoms with Gasteiger partial charge in [-0.3, -0.25) is 9.10 Å². The Bertz CT molecular complexity index is 859. The molecular weight excluding hydrogens is 472 g/mol. The van der Waals surface area contributed by atoms with Crippen molar-refractivity contribution >= 4 is 60.9 Å². The molecule has 0 aliphatic carbocycles. The van der Waals surface area contributed by atoms with E-state index in [9.17, 15) is 13.2 Å². The van der Waals surface area contributed by atoms with Crippen LogP contribution in [-0.4, -0.2) is 39.4 Å². The molecule has 9 heteroatoms. The molecule has 0 unspecified atom stereocenters. The van der Waals surface area contributed by atoms with Crippen LogP contribution < -0.4 is 9.62 Å². The lowest BCUT2D eigenvalue weighted by molar-refractivity contribution is -0.119. The van der Waals surface area contributed by atoms with Crippen LogP contribution in [0.3, 0.4) is 0 Å². The number of carbonyl (C=O) groups excluding carboxylic acids is 1. The molecule has 0 aromatic heterocycles. The number of hydrogen-bond acceptors (Lipinski definition) is 4. The highest BCUT2D eigenvalue weighted by Crippen LogP contribution is 2.20. The molecule has 1 amide bonds. The topological polar surface area (TPSA) is 66.5 Å². The molecule has 0 bridgehead atoms. The van der Waals surface area contributed by atoms with Gasteiger partial charge in [0, 0.05) is 27.5 Å². The van der Waals surface area contributed by atoms with Crippen LogP contribution in [0.15, 0.2) is 53.0 Å². The minimum atomic E-state index is -3.56. The molecule has 0 saturated heterocycles. The first-order valence-corrected chi connectivity index (χ1v) is 12.3. The SMILES string of the molecule is CS(=O)(=O)N(CC(=O)NCCSCc1ccc(Cl)cc1)c1ccc(Br)cc1. The Morgan fingerprint density at radius 3 is 2.37 bits per heavy atom. The molecule has 1 N–H and O–H groups in total. The summed E-state index contributed by atoms with van der Waals surface area (Å²) in [6, 6.07) is 14.4. The average molecular weight is 492 g/mol. The average Bonchev–Trinajstić information content (AvgIpc) is 2.61. The van der Waals surface area contributed by atoms with Crippen molar-refractivity contribution in [2.45, 2.75) is 5.75 Å². The molecule has 0 saturated carbocycles. The van der Waals surface area contributed by atoms with Gasteiger partial charge in [0.15, 0.2) is 0 Å². The summed E-state index contributed by atoms with van der Waals surface area (Å²) in [6.07, 6.45) is 1.09. The number of hydrogen-bond donors (Lipinski definition) is 1. The first-order chi connectivity index (χ1) is 12.8. The Labute approximate surface area is 177 Å². The van der Waals surface area contributed by atoms with Crippen molar-refractivity contribution in [3.63, 3.8) is 0 Å². The highest BCUT2D eigenvalue weighted by Gasteiger charge is 2.20. The zero-order valence-corrected chi connectivity index (χ0v) is 18.7. The Kier molecular flexibility index (Phi) is 8.47. The number of benzene rings is 2. The van der Waals surface area contributed by atoms with E-state index in [4.69, 9.17) is 11.6 Å². The highest BCUT2D eigenvalue weighted by atomic mass is 79.9. The maximum Gasteiger partial charge on any atom is 0.240 e. The van der Waals surface area contributed by atoms with E-state index in [2.05, 4.69) is 21.2 Å². The predicted octanol–water partition coefficient (Wildman–Crippen LogP) is 3.92. The minimum absolute atomic E-state index is 0.248. The second-order valence-corrected chi connectivity index (χ2v) is 10.1. The van der Waals surface area contributed by atoms with Crippen molar-refractivity contribution in [3.8, 4) is 0 Å². The number of anilines is 1. The number of nitrogens with zero attached hydrogens (tertiary/aromatic N) is 1. The van der Waals surface area contributed by atoms with Gasteiger partial charge in [0.25, 0.3) is 0 Å². The fraction of sp³-hybridized carbons (Fsp3) is 0.278. The quantitative estimate of drug-likeness (QED) is 0.540. The van der Waals surface area contributed by atoms with E-state index in [1.165, 1.54) is 0 Å². The Hall–Kier alpha value is -1.22. The first-order valence-electron chi connectivity index (χ1n) is 8.08. The Morgan fingerprint density at radius 1 is 1.15 bits per heavy atom. The molecule has 146 valence electrons. The predicted molar refractivity (Wildman–Crippen MR) is 117 cm³/mol. The smallest absolute Gasteiger partial charge is 0.240 e. The van der Waals surface area contributed by atoms with Crippen molar-refractivity contribution < 1.29 is 13.2 Å². The molecule has 2 rings (SSSR count). The molecule has 2 aromatic carbocycles. The molecule has 0 atom stereocenters. The number of sulfonamides is 1. The van der Waals surface area contributed by atoms with Gasteiger partial charge in [-0.25, -0.2) is 8.42 Å². The lowest BCUT2D eigenvalue weighted by Crippen LogP contribution is -2.41. The zero-order chi connectivity index (χ0) is 19.9. The minimum Gasteiger partial charge on any atom is -0.354 e. The van der Waals surface area contributed by atoms with Crippen LogP contribution in [0, 0.1) is 0 Å². The fourth-order valence-corrected chi connectivity index (χ4v) is 4.29. The van der Waals surface area contributed by atoms with Crippen molar-refractivity contribution in [2.75, 3.05) is 29.4 Å². The lowest BCUT2D eigenvalue weighted by atomic mass is 10.2. The summed E-state index contributed by atoms with van der Waals surface area (Å²) in [6.45, 7) is 0.220. The van der Waals surface area contributed by atoms with Crippen LogP contribution >= 0.6 is 39.3 Å². The van der Waals surface area contributed by atoms with Crippen LogP contribution in [0.25, 0.3) is 0 Å². The van der Waals surface area contributed by atoms with Crippen molar-refractivity contribution in [3.05, 3.63) is 63.6 Å². The van der Waals surface area contributed by atoms with Crippen LogP contribution in [0.2, 0.25) is 5.02 Å². The first kappa shape index (κ1) is 22.1. The van der Waals surface area contributed by atoms with Crippen molar-refractivity contribution in [2.24, 2.45) is 0 Å². The largest absolute Gasteiger partial charge is 0.354 e. The summed E-state index contributed by atoms with van der Waals surface area (Å²) >= 11 is 10.8. The van der Waals surface area contributed by atoms with Gasteiger partial charge in [0.05, 0.1) is 11.9 Å². The Balaban J connectivity index is 1.80. The fourth-order valence-electron chi connectivity index (χ4n) is 2.23. The third-order valence-corrected chi connectivity index (χ3v) is 6.50. The van der Waals surface area contributed by atoms with E-state index in [1.54, 1.807) is 36.0 Å². The van der Waals surface area contributed by atoms with Crippen LogP contribution in [0.4, 0.5) is 5.69 Å². The third-order valence-electron chi connectivity index (χ3n) is 3.55. The van der Waals surface area contributed by atoms with Gasteiger partial charge in [-0.1, -0.05) is 39.7 Å². The third kappa shape index (κ3) is 7.73. The maximum absolute atomic E-state index is 12.2. The molecule has 27 heavy (non-hydrogen) atoms. The number of nitrogens with one attached hydrogen (secondary N) is 1. The number of amides is 1. The second-order valence-electron chi connectivity index (χ2n) is 5.78. The van der Waals surface area contributed by atoms with Gasteiger partial charge in [-0.2, -0.15) is 11.8 Å². The van der Waals surface area contributed by atoms with E-state index in [0.717, 1.165) is 32.1 Å². The van der Waals surface area contributed by atoms with E-state index in [0.29, 0.717) is 17.3 Å². The van der Waals surface area contributed by atoms with E-state index >= 15 is 0 Å². The summed E-state index contributed by atoms with van der Waals surface area (Å²) in [5.41, 5.74) is 1.61. The maximum atomic E-state index is 12.2. The van der Waals surface area contributed by atoms with Gasteiger partial charge in [0.1, 0.15) is 6.54 Å². The lowest BCUT2D eigenvalue weighted by Gasteiger charge is -2.22. The standard InChI is InChI=1S/C18H20BrClN2O3S2/c1-27(24,25)22(17-8-4-15(19)5-9-17)12-18(23)21-10-11-26-13-14-2-6-16(20)7-3-14/h2-9H,10-13H2,1H3,(H,21,23). The molecule has 2 aromatic rings. The molecular formula is C18H20BrClN2O3S2. The Morgan fingerprint density at radius 2 is 1.78 bits per heavy atom. The summed E-state index contributed by atoms with van der Waals surface area (Å²) in [5, 5.41) is 3.47. The van der Waals surface area contributed by atoms with Crippen LogP contribution in [0.5, 0.6) is 0 Å². The second kappa shape index (κ2) is 10.4. The van der Waals surface area contributed by atoms with Gasteiger partial charge in [0.2, 0.25) is 15.9 Å². The molecule has 0 fully saturated rings. The van der Waals surface area contributed by atoms with Crippen LogP contribution in [-0.2, 0) is 20.6 Å². The van der Waals surface area contributed by atoms with Gasteiger partial charge < -0.3 is 5.32 Å². The van der Waals surface area contributed by atoms with Gasteiger partial charge in [-0.05, 0) is 42.0 Å². The molecule has 0 radical (unpaired) electrons. The molecule has 0 heterocycles. The molecule has 5 nitrogen and oxygen atoms in total. The zero-order valence-electron chi connectivity index (χ0n) is 14.7. The summed E-state index contributed by atoms with van der Waals surface area (Å²) in [5.74, 6) is 1.21. The highest BCUT2D eigenvalue weighted by molar-refractivity contribution is 9.10. The van der Waals surface area contributed by atoms with Crippen LogP contribution in [0.1, 0.15) is 5.56 Å². The molecule has 0 aliphatic heterocycles. The molecule has 0 spiro atoms. The monoisotopic (exact) mass is 490 g/mol. The number of carbonyl (C=O) groups is 1. The summed E-state index contributed by atoms with van der Waals surface area (Å²) in [4.78, 5) is 12.2. The number of halogens is 2. The van der Waals surface area contributed by atoms with Crippen molar-refractivity contribution in [1.82, 2.24) is 5.32 Å². The number of rotatable bonds is 9. The summed E-state index contributed by atoms with van der Waals surface area (Å²) in [7, 11) is -3.56. The summed E-state index contributed by atoms with van der Waals surface area (Å²) < 4.78 is 26.0. The van der Waals surface area contributed by atoms with E-state index in [1.807, 2.05) is 24.3 Å². The van der Waals surface area contributed by atoms with Gasteiger partial charge in [-0.15, -0.1) is 0 Å². The van der Waals surface area contributed by atoms with E-state index in [-0.39, 0.29) is 12.5 Å².